The van der Waals surface area contributed by atoms with Crippen molar-refractivity contribution in [3.05, 3.63) is 12.4 Å². The summed E-state index contributed by atoms with van der Waals surface area (Å²) >= 11 is 0. The minimum absolute atomic E-state index is 0.0525. The maximum Gasteiger partial charge on any atom is 0.244 e. The van der Waals surface area contributed by atoms with Crippen LogP contribution in [0.4, 0.5) is 0 Å². The highest BCUT2D eigenvalue weighted by Gasteiger charge is 2.42. The average molecular weight is 257 g/mol. The van der Waals surface area contributed by atoms with E-state index in [1.165, 1.54) is 12.4 Å². The van der Waals surface area contributed by atoms with Gasteiger partial charge in [-0.3, -0.25) is 5.10 Å². The van der Waals surface area contributed by atoms with Crippen LogP contribution in [0, 0.1) is 5.92 Å². The molecule has 6 nitrogen and oxygen atoms in total. The molecule has 1 saturated heterocycles. The molecule has 2 atom stereocenters. The maximum absolute atomic E-state index is 12.0. The second-order valence-electron chi connectivity index (χ2n) is 4.62. The predicted octanol–water partition coefficient (Wildman–Crippen LogP) is 0.255. The van der Waals surface area contributed by atoms with Gasteiger partial charge >= 0.3 is 0 Å². The number of aromatic nitrogens is 2. The Balaban J connectivity index is 1.74. The van der Waals surface area contributed by atoms with Gasteiger partial charge in [-0.25, -0.2) is 13.1 Å². The first kappa shape index (κ1) is 11.2. The molecule has 2 unspecified atom stereocenters. The van der Waals surface area contributed by atoms with Crippen molar-refractivity contribution in [1.82, 2.24) is 14.9 Å². The van der Waals surface area contributed by atoms with E-state index in [9.17, 15) is 8.42 Å². The van der Waals surface area contributed by atoms with Crippen molar-refractivity contribution in [1.29, 1.82) is 0 Å². The molecule has 2 fully saturated rings. The summed E-state index contributed by atoms with van der Waals surface area (Å²) in [6.07, 6.45) is 5.78. The number of rotatable bonds is 4. The van der Waals surface area contributed by atoms with E-state index in [0.29, 0.717) is 12.5 Å². The van der Waals surface area contributed by atoms with Crippen LogP contribution in [0.2, 0.25) is 0 Å². The Hall–Kier alpha value is -0.920. The molecule has 1 aliphatic heterocycles. The van der Waals surface area contributed by atoms with Crippen LogP contribution >= 0.6 is 0 Å². The van der Waals surface area contributed by atoms with Gasteiger partial charge in [0.2, 0.25) is 10.0 Å². The second kappa shape index (κ2) is 4.08. The molecule has 1 saturated carbocycles. The van der Waals surface area contributed by atoms with Crippen LogP contribution < -0.4 is 4.72 Å². The molecule has 17 heavy (non-hydrogen) atoms. The zero-order valence-electron chi connectivity index (χ0n) is 9.30. The summed E-state index contributed by atoms with van der Waals surface area (Å²) in [5.74, 6) is 0.537. The van der Waals surface area contributed by atoms with Crippen LogP contribution in [-0.4, -0.2) is 37.4 Å². The number of sulfonamides is 1. The van der Waals surface area contributed by atoms with Crippen LogP contribution in [0.15, 0.2) is 17.3 Å². The van der Waals surface area contributed by atoms with Crippen LogP contribution in [-0.2, 0) is 14.8 Å². The Morgan fingerprint density at radius 2 is 2.24 bits per heavy atom. The van der Waals surface area contributed by atoms with Crippen molar-refractivity contribution in [3.8, 4) is 0 Å². The zero-order chi connectivity index (χ0) is 11.9. The maximum atomic E-state index is 12.0. The van der Waals surface area contributed by atoms with Crippen molar-refractivity contribution >= 4 is 10.0 Å². The second-order valence-corrected chi connectivity index (χ2v) is 6.34. The van der Waals surface area contributed by atoms with Gasteiger partial charge in [0.15, 0.2) is 0 Å². The molecule has 3 rings (SSSR count). The molecule has 2 N–H and O–H groups in total. The van der Waals surface area contributed by atoms with Gasteiger partial charge in [0, 0.05) is 12.8 Å². The Labute approximate surface area is 99.8 Å². The standard InChI is InChI=1S/C10H15N3O3S/c14-17(15,8-5-11-12-6-8)13-9-3-4-16-10(9)7-1-2-7/h5-7,9-10,13H,1-4H2,(H,11,12). The first-order chi connectivity index (χ1) is 8.17. The molecule has 2 heterocycles. The third kappa shape index (κ3) is 2.22. The SMILES string of the molecule is O=S(=O)(NC1CCOC1C1CC1)c1cn[nH]c1. The fourth-order valence-electron chi connectivity index (χ4n) is 2.28. The van der Waals surface area contributed by atoms with Gasteiger partial charge in [-0.1, -0.05) is 0 Å². The quantitative estimate of drug-likeness (QED) is 0.810. The fourth-order valence-corrected chi connectivity index (χ4v) is 3.47. The lowest BCUT2D eigenvalue weighted by Crippen LogP contribution is -2.41. The third-order valence-electron chi connectivity index (χ3n) is 3.31. The summed E-state index contributed by atoms with van der Waals surface area (Å²) < 4.78 is 32.3. The zero-order valence-corrected chi connectivity index (χ0v) is 10.1. The molecule has 0 bridgehead atoms. The molecule has 0 amide bonds. The van der Waals surface area contributed by atoms with Crippen LogP contribution in [0.3, 0.4) is 0 Å². The molecule has 2 aliphatic rings. The fraction of sp³-hybridized carbons (Fsp3) is 0.700. The van der Waals surface area contributed by atoms with Gasteiger partial charge in [-0.05, 0) is 25.2 Å². The Morgan fingerprint density at radius 3 is 2.88 bits per heavy atom. The van der Waals surface area contributed by atoms with E-state index in [2.05, 4.69) is 14.9 Å². The summed E-state index contributed by atoms with van der Waals surface area (Å²) in [5, 5.41) is 6.16. The lowest BCUT2D eigenvalue weighted by atomic mass is 10.1. The van der Waals surface area contributed by atoms with Gasteiger partial charge in [-0.15, -0.1) is 0 Å². The summed E-state index contributed by atoms with van der Waals surface area (Å²) in [6, 6.07) is -0.0950. The van der Waals surface area contributed by atoms with Crippen molar-refractivity contribution in [3.63, 3.8) is 0 Å². The lowest BCUT2D eigenvalue weighted by Gasteiger charge is -2.18. The van der Waals surface area contributed by atoms with E-state index >= 15 is 0 Å². The smallest absolute Gasteiger partial charge is 0.244 e. The van der Waals surface area contributed by atoms with Gasteiger partial charge in [-0.2, -0.15) is 5.10 Å². The third-order valence-corrected chi connectivity index (χ3v) is 4.77. The average Bonchev–Trinajstić information content (AvgIpc) is 2.82. The monoisotopic (exact) mass is 257 g/mol. The van der Waals surface area contributed by atoms with Crippen LogP contribution in [0.5, 0.6) is 0 Å². The minimum atomic E-state index is -3.46. The highest BCUT2D eigenvalue weighted by atomic mass is 32.2. The number of H-pyrrole nitrogens is 1. The number of nitrogens with zero attached hydrogens (tertiary/aromatic N) is 1. The Kier molecular flexibility index (Phi) is 2.68. The van der Waals surface area contributed by atoms with Gasteiger partial charge in [0.1, 0.15) is 4.90 Å². The molecule has 0 spiro atoms. The molecule has 94 valence electrons. The molecular weight excluding hydrogens is 242 g/mol. The summed E-state index contributed by atoms with van der Waals surface area (Å²) in [4.78, 5) is 0.180. The number of nitrogens with one attached hydrogen (secondary N) is 2. The first-order valence-electron chi connectivity index (χ1n) is 5.79. The molecular formula is C10H15N3O3S. The number of hydrogen-bond donors (Lipinski definition) is 2. The van der Waals surface area contributed by atoms with Crippen molar-refractivity contribution < 1.29 is 13.2 Å². The normalized spacial score (nSPS) is 29.6. The number of aromatic amines is 1. The Bertz CT molecular complexity index is 481. The van der Waals surface area contributed by atoms with Gasteiger partial charge < -0.3 is 4.74 Å². The molecule has 1 aliphatic carbocycles. The van der Waals surface area contributed by atoms with Crippen molar-refractivity contribution in [2.45, 2.75) is 36.3 Å². The molecule has 0 radical (unpaired) electrons. The highest BCUT2D eigenvalue weighted by molar-refractivity contribution is 7.89. The van der Waals surface area contributed by atoms with E-state index in [1.807, 2.05) is 0 Å². The van der Waals surface area contributed by atoms with E-state index in [-0.39, 0.29) is 17.0 Å². The Morgan fingerprint density at radius 1 is 1.41 bits per heavy atom. The van der Waals surface area contributed by atoms with Crippen LogP contribution in [0.1, 0.15) is 19.3 Å². The first-order valence-corrected chi connectivity index (χ1v) is 7.28. The van der Waals surface area contributed by atoms with E-state index in [0.717, 1.165) is 19.3 Å². The minimum Gasteiger partial charge on any atom is -0.376 e. The predicted molar refractivity (Wildman–Crippen MR) is 59.8 cm³/mol. The molecule has 1 aromatic heterocycles. The van der Waals surface area contributed by atoms with Crippen molar-refractivity contribution in [2.24, 2.45) is 5.92 Å². The summed E-state index contributed by atoms with van der Waals surface area (Å²) in [5.41, 5.74) is 0. The topological polar surface area (TPSA) is 84.1 Å². The van der Waals surface area contributed by atoms with E-state index < -0.39 is 10.0 Å². The molecule has 0 aromatic carbocycles. The highest BCUT2D eigenvalue weighted by Crippen LogP contribution is 2.39. The van der Waals surface area contributed by atoms with Gasteiger partial charge in [0.05, 0.1) is 18.3 Å². The van der Waals surface area contributed by atoms with E-state index in [1.54, 1.807) is 0 Å². The van der Waals surface area contributed by atoms with Gasteiger partial charge in [0.25, 0.3) is 0 Å². The molecule has 7 heteroatoms. The van der Waals surface area contributed by atoms with Crippen molar-refractivity contribution in [2.75, 3.05) is 6.61 Å². The largest absolute Gasteiger partial charge is 0.376 e. The lowest BCUT2D eigenvalue weighted by molar-refractivity contribution is 0.0848. The van der Waals surface area contributed by atoms with E-state index in [4.69, 9.17) is 4.74 Å². The number of ether oxygens (including phenoxy) is 1. The molecule has 1 aromatic rings. The number of hydrogen-bond acceptors (Lipinski definition) is 4. The van der Waals surface area contributed by atoms with Crippen LogP contribution in [0.25, 0.3) is 0 Å². The summed E-state index contributed by atoms with van der Waals surface area (Å²) in [7, 11) is -3.46. The summed E-state index contributed by atoms with van der Waals surface area (Å²) in [6.45, 7) is 0.639.